The number of carbonyl (C=O) groups excluding carboxylic acids is 1. The standard InChI is InChI=1S/C16H18N2O2S/c1-12(2)20-14-5-3-13(4-6-14)18-16(19)11-21-15-7-9-17-10-8-15/h3-10,12H,11H2,1-2H3,(H,18,19). The SMILES string of the molecule is CC(C)Oc1ccc(NC(=O)CSc2ccncc2)cc1. The van der Waals surface area contributed by atoms with E-state index in [0.29, 0.717) is 5.75 Å². The summed E-state index contributed by atoms with van der Waals surface area (Å²) < 4.78 is 5.56. The van der Waals surface area contributed by atoms with Crippen LogP contribution in [0.2, 0.25) is 0 Å². The van der Waals surface area contributed by atoms with Crippen LogP contribution in [-0.4, -0.2) is 22.7 Å². The molecular weight excluding hydrogens is 284 g/mol. The average molecular weight is 302 g/mol. The van der Waals surface area contributed by atoms with Crippen LogP contribution in [0.1, 0.15) is 13.8 Å². The van der Waals surface area contributed by atoms with E-state index in [1.54, 1.807) is 12.4 Å². The molecule has 2 aromatic rings. The molecule has 0 spiro atoms. The molecule has 0 aliphatic carbocycles. The van der Waals surface area contributed by atoms with Crippen LogP contribution in [0.15, 0.2) is 53.7 Å². The van der Waals surface area contributed by atoms with Crippen molar-refractivity contribution in [2.45, 2.75) is 24.8 Å². The molecule has 0 unspecified atom stereocenters. The maximum Gasteiger partial charge on any atom is 0.234 e. The summed E-state index contributed by atoms with van der Waals surface area (Å²) >= 11 is 1.48. The predicted octanol–water partition coefficient (Wildman–Crippen LogP) is 3.60. The van der Waals surface area contributed by atoms with Gasteiger partial charge in [0.25, 0.3) is 0 Å². The quantitative estimate of drug-likeness (QED) is 0.828. The first-order valence-corrected chi connectivity index (χ1v) is 7.71. The number of pyridine rings is 1. The van der Waals surface area contributed by atoms with Crippen LogP contribution < -0.4 is 10.1 Å². The van der Waals surface area contributed by atoms with Gasteiger partial charge in [-0.3, -0.25) is 9.78 Å². The molecule has 4 nitrogen and oxygen atoms in total. The van der Waals surface area contributed by atoms with Crippen molar-refractivity contribution in [2.24, 2.45) is 0 Å². The van der Waals surface area contributed by atoms with E-state index in [0.717, 1.165) is 16.3 Å². The molecule has 0 saturated carbocycles. The van der Waals surface area contributed by atoms with Crippen LogP contribution in [0, 0.1) is 0 Å². The van der Waals surface area contributed by atoms with Gasteiger partial charge in [-0.15, -0.1) is 11.8 Å². The van der Waals surface area contributed by atoms with Gasteiger partial charge in [0.1, 0.15) is 5.75 Å². The van der Waals surface area contributed by atoms with Crippen molar-refractivity contribution < 1.29 is 9.53 Å². The summed E-state index contributed by atoms with van der Waals surface area (Å²) in [5.41, 5.74) is 0.770. The van der Waals surface area contributed by atoms with Gasteiger partial charge in [0.2, 0.25) is 5.91 Å². The van der Waals surface area contributed by atoms with Crippen LogP contribution in [0.3, 0.4) is 0 Å². The second-order valence-corrected chi connectivity index (χ2v) is 5.76. The molecule has 21 heavy (non-hydrogen) atoms. The zero-order chi connectivity index (χ0) is 15.1. The number of nitrogens with one attached hydrogen (secondary N) is 1. The van der Waals surface area contributed by atoms with Crippen LogP contribution >= 0.6 is 11.8 Å². The molecule has 0 atom stereocenters. The first kappa shape index (κ1) is 15.4. The molecule has 2 rings (SSSR count). The molecule has 1 aromatic heterocycles. The highest BCUT2D eigenvalue weighted by molar-refractivity contribution is 8.00. The van der Waals surface area contributed by atoms with E-state index in [1.165, 1.54) is 11.8 Å². The largest absolute Gasteiger partial charge is 0.491 e. The first-order chi connectivity index (χ1) is 10.1. The Morgan fingerprint density at radius 3 is 2.48 bits per heavy atom. The number of thioether (sulfide) groups is 1. The maximum atomic E-state index is 11.9. The Morgan fingerprint density at radius 1 is 1.19 bits per heavy atom. The van der Waals surface area contributed by atoms with Crippen molar-refractivity contribution in [3.8, 4) is 5.75 Å². The van der Waals surface area contributed by atoms with Gasteiger partial charge in [-0.05, 0) is 50.2 Å². The Morgan fingerprint density at radius 2 is 1.86 bits per heavy atom. The molecule has 0 aliphatic rings. The lowest BCUT2D eigenvalue weighted by molar-refractivity contribution is -0.113. The van der Waals surface area contributed by atoms with Gasteiger partial charge in [-0.1, -0.05) is 0 Å². The van der Waals surface area contributed by atoms with Gasteiger partial charge in [0.05, 0.1) is 11.9 Å². The molecular formula is C16H18N2O2S. The number of rotatable bonds is 6. The van der Waals surface area contributed by atoms with Crippen molar-refractivity contribution in [1.82, 2.24) is 4.98 Å². The minimum atomic E-state index is -0.0330. The minimum Gasteiger partial charge on any atom is -0.491 e. The Bertz CT molecular complexity index is 571. The number of anilines is 1. The van der Waals surface area contributed by atoms with Crippen LogP contribution in [0.5, 0.6) is 5.75 Å². The van der Waals surface area contributed by atoms with Crippen molar-refractivity contribution in [3.63, 3.8) is 0 Å². The maximum absolute atomic E-state index is 11.9. The van der Waals surface area contributed by atoms with Crippen LogP contribution in [-0.2, 0) is 4.79 Å². The van der Waals surface area contributed by atoms with Gasteiger partial charge in [0.15, 0.2) is 0 Å². The molecule has 0 saturated heterocycles. The number of benzene rings is 1. The van der Waals surface area contributed by atoms with Crippen LogP contribution in [0.4, 0.5) is 5.69 Å². The van der Waals surface area contributed by atoms with E-state index in [4.69, 9.17) is 4.74 Å². The summed E-state index contributed by atoms with van der Waals surface area (Å²) in [7, 11) is 0. The van der Waals surface area contributed by atoms with Gasteiger partial charge >= 0.3 is 0 Å². The van der Waals surface area contributed by atoms with E-state index in [2.05, 4.69) is 10.3 Å². The third kappa shape index (κ3) is 5.47. The number of aromatic nitrogens is 1. The molecule has 110 valence electrons. The fourth-order valence-corrected chi connectivity index (χ4v) is 2.35. The summed E-state index contributed by atoms with van der Waals surface area (Å²) in [6.07, 6.45) is 3.57. The van der Waals surface area contributed by atoms with Crippen LogP contribution in [0.25, 0.3) is 0 Å². The highest BCUT2D eigenvalue weighted by Gasteiger charge is 2.04. The smallest absolute Gasteiger partial charge is 0.234 e. The van der Waals surface area contributed by atoms with Gasteiger partial charge < -0.3 is 10.1 Å². The molecule has 0 bridgehead atoms. The zero-order valence-electron chi connectivity index (χ0n) is 12.1. The van der Waals surface area contributed by atoms with E-state index in [9.17, 15) is 4.79 Å². The summed E-state index contributed by atoms with van der Waals surface area (Å²) in [6, 6.07) is 11.2. The lowest BCUT2D eigenvalue weighted by atomic mass is 10.3. The Labute approximate surface area is 128 Å². The summed E-state index contributed by atoms with van der Waals surface area (Å²) in [5, 5.41) is 2.86. The van der Waals surface area contributed by atoms with Gasteiger partial charge in [-0.25, -0.2) is 0 Å². The first-order valence-electron chi connectivity index (χ1n) is 6.73. The molecule has 0 aliphatic heterocycles. The van der Waals surface area contributed by atoms with Gasteiger partial charge in [-0.2, -0.15) is 0 Å². The predicted molar refractivity (Wildman–Crippen MR) is 85.8 cm³/mol. The molecule has 1 aromatic carbocycles. The minimum absolute atomic E-state index is 0.0330. The lowest BCUT2D eigenvalue weighted by Gasteiger charge is -2.10. The highest BCUT2D eigenvalue weighted by Crippen LogP contribution is 2.19. The molecule has 0 fully saturated rings. The van der Waals surface area contributed by atoms with Crippen molar-refractivity contribution in [3.05, 3.63) is 48.8 Å². The lowest BCUT2D eigenvalue weighted by Crippen LogP contribution is -2.14. The number of amides is 1. The molecule has 1 N–H and O–H groups in total. The van der Waals surface area contributed by atoms with E-state index in [1.807, 2.05) is 50.2 Å². The number of nitrogens with zero attached hydrogens (tertiary/aromatic N) is 1. The molecule has 0 radical (unpaired) electrons. The number of hydrogen-bond donors (Lipinski definition) is 1. The zero-order valence-corrected chi connectivity index (χ0v) is 12.9. The topological polar surface area (TPSA) is 51.2 Å². The monoisotopic (exact) mass is 302 g/mol. The summed E-state index contributed by atoms with van der Waals surface area (Å²) in [5.74, 6) is 1.14. The average Bonchev–Trinajstić information content (AvgIpc) is 2.48. The number of hydrogen-bond acceptors (Lipinski definition) is 4. The second kappa shape index (κ2) is 7.69. The third-order valence-corrected chi connectivity index (χ3v) is 3.54. The van der Waals surface area contributed by atoms with E-state index in [-0.39, 0.29) is 12.0 Å². The Hall–Kier alpha value is -2.01. The summed E-state index contributed by atoms with van der Waals surface area (Å²) in [6.45, 7) is 3.96. The number of carbonyl (C=O) groups is 1. The fraction of sp³-hybridized carbons (Fsp3) is 0.250. The van der Waals surface area contributed by atoms with E-state index < -0.39 is 0 Å². The van der Waals surface area contributed by atoms with Crippen molar-refractivity contribution in [2.75, 3.05) is 11.1 Å². The second-order valence-electron chi connectivity index (χ2n) is 4.71. The van der Waals surface area contributed by atoms with Crippen molar-refractivity contribution >= 4 is 23.4 Å². The van der Waals surface area contributed by atoms with Gasteiger partial charge in [0, 0.05) is 23.0 Å². The highest BCUT2D eigenvalue weighted by atomic mass is 32.2. The molecule has 5 heteroatoms. The Kier molecular flexibility index (Phi) is 5.63. The molecule has 1 heterocycles. The Balaban J connectivity index is 1.82. The fourth-order valence-electron chi connectivity index (χ4n) is 1.67. The summed E-state index contributed by atoms with van der Waals surface area (Å²) in [4.78, 5) is 16.8. The molecule has 1 amide bonds. The number of ether oxygens (including phenoxy) is 1. The van der Waals surface area contributed by atoms with Crippen molar-refractivity contribution in [1.29, 1.82) is 0 Å². The third-order valence-electron chi connectivity index (χ3n) is 2.53. The van der Waals surface area contributed by atoms with E-state index >= 15 is 0 Å². The normalized spacial score (nSPS) is 10.4.